The fraction of sp³-hybridized carbons (Fsp3) is 0.250. The van der Waals surface area contributed by atoms with Crippen LogP contribution in [0, 0.1) is 13.8 Å². The summed E-state index contributed by atoms with van der Waals surface area (Å²) in [5, 5.41) is 16.1. The van der Waals surface area contributed by atoms with Crippen molar-refractivity contribution in [2.75, 3.05) is 5.32 Å². The molecular formula is C16H17N5O2S. The first kappa shape index (κ1) is 16.1. The zero-order valence-electron chi connectivity index (χ0n) is 13.6. The highest BCUT2D eigenvalue weighted by Crippen LogP contribution is 2.20. The van der Waals surface area contributed by atoms with Crippen molar-refractivity contribution >= 4 is 22.4 Å². The van der Waals surface area contributed by atoms with Crippen LogP contribution in [-0.2, 0) is 4.79 Å². The monoisotopic (exact) mass is 343 g/mol. The van der Waals surface area contributed by atoms with E-state index in [2.05, 4.69) is 20.6 Å². The average Bonchev–Trinajstić information content (AvgIpc) is 3.14. The van der Waals surface area contributed by atoms with Gasteiger partial charge >= 0.3 is 0 Å². The van der Waals surface area contributed by atoms with Crippen LogP contribution in [0.5, 0.6) is 5.88 Å². The maximum absolute atomic E-state index is 12.2. The largest absolute Gasteiger partial charge is 0.463 e. The minimum Gasteiger partial charge on any atom is -0.463 e. The molecule has 8 heteroatoms. The Morgan fingerprint density at radius 3 is 2.67 bits per heavy atom. The van der Waals surface area contributed by atoms with Crippen molar-refractivity contribution in [3.8, 4) is 11.6 Å². The van der Waals surface area contributed by atoms with Gasteiger partial charge in [-0.1, -0.05) is 29.5 Å². The van der Waals surface area contributed by atoms with E-state index in [1.54, 1.807) is 11.6 Å². The van der Waals surface area contributed by atoms with Crippen molar-refractivity contribution < 1.29 is 9.53 Å². The summed E-state index contributed by atoms with van der Waals surface area (Å²) in [4.78, 5) is 12.2. The SMILES string of the molecule is Cc1nnc(NC(=O)C(C)Oc2nn(-c3ccccc3)cc2C)s1. The van der Waals surface area contributed by atoms with Gasteiger partial charge in [-0.25, -0.2) is 4.68 Å². The van der Waals surface area contributed by atoms with Crippen LogP contribution < -0.4 is 10.1 Å². The second kappa shape index (κ2) is 6.79. The number of amides is 1. The van der Waals surface area contributed by atoms with Crippen LogP contribution >= 0.6 is 11.3 Å². The van der Waals surface area contributed by atoms with Gasteiger partial charge in [-0.2, -0.15) is 0 Å². The molecule has 3 aromatic rings. The smallest absolute Gasteiger partial charge is 0.267 e. The Kier molecular flexibility index (Phi) is 4.57. The van der Waals surface area contributed by atoms with Crippen LogP contribution in [0.1, 0.15) is 17.5 Å². The molecule has 7 nitrogen and oxygen atoms in total. The number of anilines is 1. The number of nitrogens with zero attached hydrogens (tertiary/aromatic N) is 4. The molecule has 1 atom stereocenters. The topological polar surface area (TPSA) is 81.9 Å². The number of hydrogen-bond acceptors (Lipinski definition) is 6. The number of ether oxygens (including phenoxy) is 1. The highest BCUT2D eigenvalue weighted by atomic mass is 32.1. The van der Waals surface area contributed by atoms with Crippen LogP contribution in [0.15, 0.2) is 36.5 Å². The van der Waals surface area contributed by atoms with E-state index in [0.29, 0.717) is 11.0 Å². The summed E-state index contributed by atoms with van der Waals surface area (Å²) in [5.74, 6) is 0.134. The Labute approximate surface area is 143 Å². The van der Waals surface area contributed by atoms with E-state index in [-0.39, 0.29) is 5.91 Å². The van der Waals surface area contributed by atoms with Crippen molar-refractivity contribution in [2.45, 2.75) is 26.9 Å². The van der Waals surface area contributed by atoms with Crippen molar-refractivity contribution in [3.05, 3.63) is 47.1 Å². The average molecular weight is 343 g/mol. The number of para-hydroxylation sites is 1. The first-order valence-electron chi connectivity index (χ1n) is 7.42. The van der Waals surface area contributed by atoms with E-state index in [4.69, 9.17) is 4.74 Å². The third-order valence-corrected chi connectivity index (χ3v) is 4.04. The fourth-order valence-electron chi connectivity index (χ4n) is 2.05. The van der Waals surface area contributed by atoms with Gasteiger partial charge in [0.1, 0.15) is 5.01 Å². The van der Waals surface area contributed by atoms with Crippen molar-refractivity contribution in [3.63, 3.8) is 0 Å². The Hall–Kier alpha value is -2.74. The van der Waals surface area contributed by atoms with E-state index < -0.39 is 6.10 Å². The number of carbonyl (C=O) groups is 1. The van der Waals surface area contributed by atoms with Gasteiger partial charge in [-0.3, -0.25) is 10.1 Å². The molecule has 0 aliphatic rings. The molecule has 24 heavy (non-hydrogen) atoms. The normalized spacial score (nSPS) is 12.0. The second-order valence-electron chi connectivity index (χ2n) is 5.27. The highest BCUT2D eigenvalue weighted by molar-refractivity contribution is 7.15. The predicted molar refractivity (Wildman–Crippen MR) is 91.7 cm³/mol. The molecule has 0 spiro atoms. The Bertz CT molecular complexity index is 843. The lowest BCUT2D eigenvalue weighted by atomic mass is 10.3. The molecule has 1 N–H and O–H groups in total. The van der Waals surface area contributed by atoms with Gasteiger partial charge in [0.25, 0.3) is 5.91 Å². The van der Waals surface area contributed by atoms with Gasteiger partial charge in [0.15, 0.2) is 6.10 Å². The zero-order chi connectivity index (χ0) is 17.1. The molecule has 2 aromatic heterocycles. The molecule has 1 aromatic carbocycles. The number of nitrogens with one attached hydrogen (secondary N) is 1. The second-order valence-corrected chi connectivity index (χ2v) is 6.45. The first-order chi connectivity index (χ1) is 11.5. The van der Waals surface area contributed by atoms with Crippen molar-refractivity contribution in [2.24, 2.45) is 0 Å². The molecule has 0 aliphatic carbocycles. The summed E-state index contributed by atoms with van der Waals surface area (Å²) < 4.78 is 7.43. The highest BCUT2D eigenvalue weighted by Gasteiger charge is 2.19. The molecule has 1 amide bonds. The zero-order valence-corrected chi connectivity index (χ0v) is 14.4. The van der Waals surface area contributed by atoms with Gasteiger partial charge in [-0.05, 0) is 32.9 Å². The summed E-state index contributed by atoms with van der Waals surface area (Å²) in [7, 11) is 0. The third-order valence-electron chi connectivity index (χ3n) is 3.29. The Morgan fingerprint density at radius 1 is 1.25 bits per heavy atom. The molecule has 2 heterocycles. The van der Waals surface area contributed by atoms with Gasteiger partial charge in [0, 0.05) is 11.8 Å². The molecule has 124 valence electrons. The molecule has 0 saturated carbocycles. The number of rotatable bonds is 5. The summed E-state index contributed by atoms with van der Waals surface area (Å²) in [6.07, 6.45) is 1.16. The van der Waals surface area contributed by atoms with Crippen molar-refractivity contribution in [1.82, 2.24) is 20.0 Å². The summed E-state index contributed by atoms with van der Waals surface area (Å²) >= 11 is 1.31. The predicted octanol–water partition coefficient (Wildman–Crippen LogP) is 2.75. The number of aromatic nitrogens is 4. The van der Waals surface area contributed by atoms with Crippen LogP contribution in [0.25, 0.3) is 5.69 Å². The fourth-order valence-corrected chi connectivity index (χ4v) is 2.64. The molecule has 0 fully saturated rings. The van der Waals surface area contributed by atoms with Crippen LogP contribution in [0.3, 0.4) is 0 Å². The van der Waals surface area contributed by atoms with Gasteiger partial charge in [0.2, 0.25) is 11.0 Å². The maximum atomic E-state index is 12.2. The lowest BCUT2D eigenvalue weighted by Gasteiger charge is -2.12. The minimum absolute atomic E-state index is 0.292. The Morgan fingerprint density at radius 2 is 2.00 bits per heavy atom. The molecule has 0 radical (unpaired) electrons. The standard InChI is InChI=1S/C16H17N5O2S/c1-10-9-21(13-7-5-4-6-8-13)20-15(10)23-11(2)14(22)17-16-19-18-12(3)24-16/h4-9,11H,1-3H3,(H,17,19,22). The van der Waals surface area contributed by atoms with Gasteiger partial charge in [-0.15, -0.1) is 15.3 Å². The van der Waals surface area contributed by atoms with E-state index in [1.165, 1.54) is 11.3 Å². The Balaban J connectivity index is 1.69. The van der Waals surface area contributed by atoms with Crippen molar-refractivity contribution in [1.29, 1.82) is 0 Å². The lowest BCUT2D eigenvalue weighted by molar-refractivity contribution is -0.122. The summed E-state index contributed by atoms with van der Waals surface area (Å²) in [6.45, 7) is 5.39. The first-order valence-corrected chi connectivity index (χ1v) is 8.24. The van der Waals surface area contributed by atoms with Crippen LogP contribution in [0.2, 0.25) is 0 Å². The number of carbonyl (C=O) groups excluding carboxylic acids is 1. The van der Waals surface area contributed by atoms with Gasteiger partial charge in [0.05, 0.1) is 5.69 Å². The molecule has 0 saturated heterocycles. The minimum atomic E-state index is -0.702. The third kappa shape index (κ3) is 3.60. The quantitative estimate of drug-likeness (QED) is 0.770. The molecule has 0 aliphatic heterocycles. The van der Waals surface area contributed by atoms with Gasteiger partial charge < -0.3 is 4.74 Å². The molecular weight excluding hydrogens is 326 g/mol. The number of hydrogen-bond donors (Lipinski definition) is 1. The van der Waals surface area contributed by atoms with Crippen LogP contribution in [-0.4, -0.2) is 32.0 Å². The van der Waals surface area contributed by atoms with E-state index in [1.807, 2.05) is 50.4 Å². The number of aryl methyl sites for hydroxylation is 2. The summed E-state index contributed by atoms with van der Waals surface area (Å²) in [6, 6.07) is 9.72. The number of benzene rings is 1. The molecule has 3 rings (SSSR count). The molecule has 0 bridgehead atoms. The lowest BCUT2D eigenvalue weighted by Crippen LogP contribution is -2.30. The maximum Gasteiger partial charge on any atom is 0.267 e. The van der Waals surface area contributed by atoms with E-state index in [0.717, 1.165) is 16.3 Å². The molecule has 1 unspecified atom stereocenters. The van der Waals surface area contributed by atoms with E-state index >= 15 is 0 Å². The summed E-state index contributed by atoms with van der Waals surface area (Å²) in [5.41, 5.74) is 1.78. The van der Waals surface area contributed by atoms with E-state index in [9.17, 15) is 4.79 Å². The van der Waals surface area contributed by atoms with Crippen LogP contribution in [0.4, 0.5) is 5.13 Å².